The number of methoxy groups -OCH3 is 1. The van der Waals surface area contributed by atoms with E-state index in [2.05, 4.69) is 4.72 Å². The zero-order valence-corrected chi connectivity index (χ0v) is 11.3. The lowest BCUT2D eigenvalue weighted by molar-refractivity contribution is 0.0339. The summed E-state index contributed by atoms with van der Waals surface area (Å²) in [6.45, 7) is 0. The van der Waals surface area contributed by atoms with Gasteiger partial charge in [0.1, 0.15) is 5.75 Å². The van der Waals surface area contributed by atoms with Crippen molar-refractivity contribution in [2.24, 2.45) is 0 Å². The van der Waals surface area contributed by atoms with Crippen LogP contribution in [0.1, 0.15) is 12.8 Å². The van der Waals surface area contributed by atoms with E-state index < -0.39 is 28.3 Å². The Balaban J connectivity index is 2.13. The largest absolute Gasteiger partial charge is 0.497 e. The van der Waals surface area contributed by atoms with Crippen LogP contribution in [0.5, 0.6) is 5.75 Å². The molecular weight excluding hydrogens is 270 g/mol. The highest BCUT2D eigenvalue weighted by molar-refractivity contribution is 7.89. The van der Waals surface area contributed by atoms with Crippen LogP contribution in [0.15, 0.2) is 29.2 Å². The van der Waals surface area contributed by atoms with E-state index in [9.17, 15) is 18.6 Å². The molecule has 0 bridgehead atoms. The molecule has 1 fully saturated rings. The minimum atomic E-state index is -3.70. The maximum Gasteiger partial charge on any atom is 0.240 e. The van der Waals surface area contributed by atoms with Crippen molar-refractivity contribution in [1.82, 2.24) is 4.72 Å². The number of nitrogens with one attached hydrogen (secondary N) is 1. The third kappa shape index (κ3) is 3.06. The van der Waals surface area contributed by atoms with Gasteiger partial charge in [0.05, 0.1) is 30.3 Å². The molecule has 1 aromatic rings. The van der Waals surface area contributed by atoms with Crippen molar-refractivity contribution in [2.45, 2.75) is 36.0 Å². The average molecular weight is 287 g/mol. The van der Waals surface area contributed by atoms with Crippen molar-refractivity contribution in [3.8, 4) is 5.75 Å². The van der Waals surface area contributed by atoms with Gasteiger partial charge in [-0.15, -0.1) is 0 Å². The summed E-state index contributed by atoms with van der Waals surface area (Å²) in [6, 6.07) is 5.31. The van der Waals surface area contributed by atoms with E-state index in [1.807, 2.05) is 0 Å². The maximum atomic E-state index is 12.1. The molecule has 0 aromatic heterocycles. The van der Waals surface area contributed by atoms with Crippen molar-refractivity contribution < 1.29 is 23.4 Å². The average Bonchev–Trinajstić information content (AvgIpc) is 2.70. The van der Waals surface area contributed by atoms with Crippen molar-refractivity contribution in [2.75, 3.05) is 7.11 Å². The highest BCUT2D eigenvalue weighted by atomic mass is 32.2. The van der Waals surface area contributed by atoms with Crippen LogP contribution in [0.2, 0.25) is 0 Å². The maximum absolute atomic E-state index is 12.1. The van der Waals surface area contributed by atoms with E-state index in [0.717, 1.165) is 0 Å². The number of sulfonamides is 1. The number of ether oxygens (including phenoxy) is 1. The van der Waals surface area contributed by atoms with Gasteiger partial charge in [-0.2, -0.15) is 0 Å². The zero-order valence-electron chi connectivity index (χ0n) is 10.5. The Hall–Kier alpha value is -1.15. The zero-order chi connectivity index (χ0) is 14.0. The highest BCUT2D eigenvalue weighted by Crippen LogP contribution is 2.22. The third-order valence-electron chi connectivity index (χ3n) is 3.26. The first-order chi connectivity index (χ1) is 8.94. The lowest BCUT2D eigenvalue weighted by Crippen LogP contribution is -2.42. The second kappa shape index (κ2) is 5.46. The van der Waals surface area contributed by atoms with E-state index in [0.29, 0.717) is 18.6 Å². The Morgan fingerprint density at radius 1 is 1.21 bits per heavy atom. The molecule has 0 amide bonds. The van der Waals surface area contributed by atoms with Crippen LogP contribution in [-0.4, -0.2) is 44.0 Å². The van der Waals surface area contributed by atoms with Crippen molar-refractivity contribution in [3.63, 3.8) is 0 Å². The molecule has 0 heterocycles. The summed E-state index contributed by atoms with van der Waals surface area (Å²) >= 11 is 0. The first-order valence-electron chi connectivity index (χ1n) is 5.96. The van der Waals surface area contributed by atoms with Crippen LogP contribution in [0.4, 0.5) is 0 Å². The van der Waals surface area contributed by atoms with Gasteiger partial charge in [-0.05, 0) is 37.1 Å². The third-order valence-corrected chi connectivity index (χ3v) is 4.76. The Morgan fingerprint density at radius 2 is 1.84 bits per heavy atom. The molecule has 0 saturated heterocycles. The van der Waals surface area contributed by atoms with E-state index in [1.54, 1.807) is 12.1 Å². The minimum absolute atomic E-state index is 0.0990. The molecule has 0 unspecified atom stereocenters. The highest BCUT2D eigenvalue weighted by Gasteiger charge is 2.36. The van der Waals surface area contributed by atoms with Crippen LogP contribution in [0.25, 0.3) is 0 Å². The fourth-order valence-electron chi connectivity index (χ4n) is 2.11. The normalized spacial score (nSPS) is 27.4. The van der Waals surface area contributed by atoms with Crippen LogP contribution in [-0.2, 0) is 10.0 Å². The number of aliphatic hydroxyl groups is 2. The summed E-state index contributed by atoms with van der Waals surface area (Å²) < 4.78 is 31.6. The molecule has 1 saturated carbocycles. The van der Waals surface area contributed by atoms with Gasteiger partial charge < -0.3 is 14.9 Å². The monoisotopic (exact) mass is 287 g/mol. The number of rotatable bonds is 4. The molecule has 1 aliphatic rings. The molecule has 3 atom stereocenters. The quantitative estimate of drug-likeness (QED) is 0.716. The summed E-state index contributed by atoms with van der Waals surface area (Å²) in [4.78, 5) is 0.0990. The number of aliphatic hydroxyl groups excluding tert-OH is 2. The Kier molecular flexibility index (Phi) is 4.10. The van der Waals surface area contributed by atoms with Crippen LogP contribution < -0.4 is 9.46 Å². The van der Waals surface area contributed by atoms with E-state index in [-0.39, 0.29) is 4.90 Å². The molecule has 7 heteroatoms. The van der Waals surface area contributed by atoms with Gasteiger partial charge in [0.25, 0.3) is 0 Å². The van der Waals surface area contributed by atoms with Gasteiger partial charge in [0.2, 0.25) is 10.0 Å². The first kappa shape index (κ1) is 14.3. The van der Waals surface area contributed by atoms with E-state index in [1.165, 1.54) is 19.2 Å². The molecule has 0 radical (unpaired) electrons. The standard InChI is InChI=1S/C12H17NO5S/c1-18-8-2-4-9(5-3-8)19(16,17)13-10-6-7-11(14)12(10)15/h2-5,10-15H,6-7H2,1H3/t10-,11-,12-/m1/s1. The topological polar surface area (TPSA) is 95.9 Å². The summed E-state index contributed by atoms with van der Waals surface area (Å²) in [6.07, 6.45) is -1.13. The van der Waals surface area contributed by atoms with Crippen molar-refractivity contribution in [3.05, 3.63) is 24.3 Å². The summed E-state index contributed by atoms with van der Waals surface area (Å²) in [5.74, 6) is 0.565. The summed E-state index contributed by atoms with van der Waals surface area (Å²) in [5.41, 5.74) is 0. The van der Waals surface area contributed by atoms with Gasteiger partial charge in [0.15, 0.2) is 0 Å². The molecule has 6 nitrogen and oxygen atoms in total. The fourth-order valence-corrected chi connectivity index (χ4v) is 3.40. The molecule has 19 heavy (non-hydrogen) atoms. The molecule has 2 rings (SSSR count). The molecule has 1 aromatic carbocycles. The number of hydrogen-bond donors (Lipinski definition) is 3. The summed E-state index contributed by atoms with van der Waals surface area (Å²) in [7, 11) is -2.20. The predicted octanol–water partition coefficient (Wildman–Crippen LogP) is -0.142. The van der Waals surface area contributed by atoms with Crippen LogP contribution in [0.3, 0.4) is 0 Å². The number of hydrogen-bond acceptors (Lipinski definition) is 5. The lowest BCUT2D eigenvalue weighted by atomic mass is 10.2. The molecule has 0 spiro atoms. The second-order valence-corrected chi connectivity index (χ2v) is 6.25. The van der Waals surface area contributed by atoms with Gasteiger partial charge in [-0.1, -0.05) is 0 Å². The molecule has 3 N–H and O–H groups in total. The Morgan fingerprint density at radius 3 is 2.32 bits per heavy atom. The molecule has 1 aliphatic carbocycles. The Bertz CT molecular complexity index is 528. The lowest BCUT2D eigenvalue weighted by Gasteiger charge is -2.18. The van der Waals surface area contributed by atoms with Crippen molar-refractivity contribution >= 4 is 10.0 Å². The first-order valence-corrected chi connectivity index (χ1v) is 7.45. The number of benzene rings is 1. The van der Waals surface area contributed by atoms with E-state index in [4.69, 9.17) is 4.74 Å². The summed E-state index contributed by atoms with van der Waals surface area (Å²) in [5, 5.41) is 19.1. The smallest absolute Gasteiger partial charge is 0.240 e. The van der Waals surface area contributed by atoms with Gasteiger partial charge in [-0.3, -0.25) is 0 Å². The van der Waals surface area contributed by atoms with Crippen LogP contribution in [0, 0.1) is 0 Å². The van der Waals surface area contributed by atoms with Gasteiger partial charge >= 0.3 is 0 Å². The fraction of sp³-hybridized carbons (Fsp3) is 0.500. The molecule has 0 aliphatic heterocycles. The van der Waals surface area contributed by atoms with Crippen molar-refractivity contribution in [1.29, 1.82) is 0 Å². The minimum Gasteiger partial charge on any atom is -0.497 e. The molecule has 106 valence electrons. The van der Waals surface area contributed by atoms with Gasteiger partial charge in [-0.25, -0.2) is 13.1 Å². The van der Waals surface area contributed by atoms with E-state index >= 15 is 0 Å². The Labute approximate surface area is 112 Å². The SMILES string of the molecule is COc1ccc(S(=O)(=O)N[C@@H]2CC[C@@H](O)[C@@H]2O)cc1. The predicted molar refractivity (Wildman–Crippen MR) is 68.4 cm³/mol. The second-order valence-electron chi connectivity index (χ2n) is 4.54. The van der Waals surface area contributed by atoms with Crippen LogP contribution >= 0.6 is 0 Å². The molecular formula is C12H17NO5S. The van der Waals surface area contributed by atoms with Gasteiger partial charge in [0, 0.05) is 0 Å².